The van der Waals surface area contributed by atoms with E-state index in [2.05, 4.69) is 65.6 Å². The lowest BCUT2D eigenvalue weighted by atomic mass is 10.0. The third-order valence-electron chi connectivity index (χ3n) is 2.59. The summed E-state index contributed by atoms with van der Waals surface area (Å²) in [7, 11) is 0. The van der Waals surface area contributed by atoms with Gasteiger partial charge in [0.1, 0.15) is 0 Å². The molecule has 0 bridgehead atoms. The van der Waals surface area contributed by atoms with E-state index in [0.717, 1.165) is 12.2 Å². The van der Waals surface area contributed by atoms with E-state index in [4.69, 9.17) is 0 Å². The molecule has 16 heavy (non-hydrogen) atoms. The van der Waals surface area contributed by atoms with E-state index in [0.29, 0.717) is 12.1 Å². The molecule has 1 N–H and O–H groups in total. The van der Waals surface area contributed by atoms with Crippen molar-refractivity contribution in [3.8, 4) is 0 Å². The van der Waals surface area contributed by atoms with Gasteiger partial charge in [0, 0.05) is 22.3 Å². The summed E-state index contributed by atoms with van der Waals surface area (Å²) in [6.07, 6.45) is 3.26. The summed E-state index contributed by atoms with van der Waals surface area (Å²) in [6, 6.07) is 9.45. The van der Waals surface area contributed by atoms with Gasteiger partial charge in [0.25, 0.3) is 0 Å². The smallest absolute Gasteiger partial charge is 0.0331 e. The molecule has 1 rings (SSSR count). The van der Waals surface area contributed by atoms with E-state index in [1.165, 1.54) is 10.0 Å². The number of thioether (sulfide) groups is 1. The Hall–Kier alpha value is 0.01000. The monoisotopic (exact) mass is 301 g/mol. The molecule has 0 aliphatic rings. The highest BCUT2D eigenvalue weighted by Gasteiger charge is 2.14. The fraction of sp³-hybridized carbons (Fsp3) is 0.538. The van der Waals surface area contributed by atoms with Gasteiger partial charge in [-0.05, 0) is 31.2 Å². The van der Waals surface area contributed by atoms with Crippen LogP contribution >= 0.6 is 27.7 Å². The average Bonchev–Trinajstić information content (AvgIpc) is 2.27. The maximum Gasteiger partial charge on any atom is 0.0331 e. The van der Waals surface area contributed by atoms with Gasteiger partial charge in [0.2, 0.25) is 0 Å². The molecule has 0 aliphatic heterocycles. The summed E-state index contributed by atoms with van der Waals surface area (Å²) in [6.45, 7) is 4.47. The largest absolute Gasteiger partial charge is 0.307 e. The second-order valence-corrected chi connectivity index (χ2v) is 5.77. The number of hydrogen-bond acceptors (Lipinski definition) is 2. The van der Waals surface area contributed by atoms with Crippen molar-refractivity contribution in [3.05, 3.63) is 34.3 Å². The zero-order chi connectivity index (χ0) is 12.0. The first-order valence-corrected chi connectivity index (χ1v) is 7.87. The van der Waals surface area contributed by atoms with Gasteiger partial charge in [-0.25, -0.2) is 0 Å². The van der Waals surface area contributed by atoms with Crippen molar-refractivity contribution in [2.75, 3.05) is 12.0 Å². The van der Waals surface area contributed by atoms with Crippen LogP contribution in [0.1, 0.15) is 31.9 Å². The van der Waals surface area contributed by atoms with Crippen LogP contribution in [-0.2, 0) is 0 Å². The van der Waals surface area contributed by atoms with Crippen LogP contribution in [0.5, 0.6) is 0 Å². The quantitative estimate of drug-likeness (QED) is 0.843. The Morgan fingerprint density at radius 1 is 1.38 bits per heavy atom. The molecular formula is C13H20BrNS. The van der Waals surface area contributed by atoms with Gasteiger partial charge in [0.15, 0.2) is 0 Å². The number of rotatable bonds is 6. The van der Waals surface area contributed by atoms with Crippen molar-refractivity contribution in [2.45, 2.75) is 32.4 Å². The third kappa shape index (κ3) is 4.11. The average molecular weight is 302 g/mol. The number of hydrogen-bond donors (Lipinski definition) is 1. The summed E-state index contributed by atoms with van der Waals surface area (Å²) in [5, 5.41) is 3.67. The molecule has 90 valence electrons. The maximum absolute atomic E-state index is 3.67. The lowest BCUT2D eigenvalue weighted by Gasteiger charge is -2.23. The molecule has 0 fully saturated rings. The van der Waals surface area contributed by atoms with Gasteiger partial charge in [-0.2, -0.15) is 11.8 Å². The molecule has 2 unspecified atom stereocenters. The molecule has 0 amide bonds. The first-order valence-electron chi connectivity index (χ1n) is 5.68. The zero-order valence-corrected chi connectivity index (χ0v) is 12.6. The molecule has 0 spiro atoms. The predicted octanol–water partition coefficient (Wildman–Crippen LogP) is 4.24. The minimum Gasteiger partial charge on any atom is -0.307 e. The summed E-state index contributed by atoms with van der Waals surface area (Å²) in [5.41, 5.74) is 1.36. The van der Waals surface area contributed by atoms with Gasteiger partial charge in [0.05, 0.1) is 0 Å². The maximum atomic E-state index is 3.67. The van der Waals surface area contributed by atoms with Crippen LogP contribution in [0.15, 0.2) is 28.7 Å². The lowest BCUT2D eigenvalue weighted by Crippen LogP contribution is -2.32. The second-order valence-electron chi connectivity index (χ2n) is 4.01. The standard InChI is InChI=1S/C13H20BrNS/c1-4-13(15-10(2)9-16-3)11-7-5-6-8-12(11)14/h5-8,10,13,15H,4,9H2,1-3H3. The Morgan fingerprint density at radius 3 is 2.62 bits per heavy atom. The van der Waals surface area contributed by atoms with Gasteiger partial charge in [-0.3, -0.25) is 0 Å². The third-order valence-corrected chi connectivity index (χ3v) is 4.15. The first-order chi connectivity index (χ1) is 7.69. The van der Waals surface area contributed by atoms with Crippen molar-refractivity contribution < 1.29 is 0 Å². The lowest BCUT2D eigenvalue weighted by molar-refractivity contribution is 0.469. The SMILES string of the molecule is CCC(NC(C)CSC)c1ccccc1Br. The Kier molecular flexibility index (Phi) is 6.47. The summed E-state index contributed by atoms with van der Waals surface area (Å²) >= 11 is 5.51. The first kappa shape index (κ1) is 14.1. The van der Waals surface area contributed by atoms with Crippen molar-refractivity contribution in [1.82, 2.24) is 5.32 Å². The van der Waals surface area contributed by atoms with Crippen molar-refractivity contribution >= 4 is 27.7 Å². The van der Waals surface area contributed by atoms with Gasteiger partial charge < -0.3 is 5.32 Å². The molecule has 0 aliphatic carbocycles. The minimum absolute atomic E-state index is 0.442. The van der Waals surface area contributed by atoms with E-state index in [9.17, 15) is 0 Å². The molecule has 3 heteroatoms. The van der Waals surface area contributed by atoms with E-state index in [1.54, 1.807) is 0 Å². The summed E-state index contributed by atoms with van der Waals surface area (Å²) in [5.74, 6) is 1.15. The number of halogens is 1. The molecule has 0 radical (unpaired) electrons. The van der Waals surface area contributed by atoms with Crippen LogP contribution in [0, 0.1) is 0 Å². The van der Waals surface area contributed by atoms with Crippen molar-refractivity contribution in [3.63, 3.8) is 0 Å². The van der Waals surface area contributed by atoms with Crippen LogP contribution in [0.2, 0.25) is 0 Å². The Morgan fingerprint density at radius 2 is 2.06 bits per heavy atom. The predicted molar refractivity (Wildman–Crippen MR) is 78.2 cm³/mol. The molecule has 0 saturated heterocycles. The van der Waals surface area contributed by atoms with Crippen LogP contribution in [-0.4, -0.2) is 18.1 Å². The number of benzene rings is 1. The van der Waals surface area contributed by atoms with E-state index in [1.807, 2.05) is 11.8 Å². The van der Waals surface area contributed by atoms with Gasteiger partial charge in [-0.1, -0.05) is 41.1 Å². The zero-order valence-electron chi connectivity index (χ0n) is 10.2. The highest BCUT2D eigenvalue weighted by Crippen LogP contribution is 2.25. The normalized spacial score (nSPS) is 14.8. The highest BCUT2D eigenvalue weighted by molar-refractivity contribution is 9.10. The molecule has 0 aromatic heterocycles. The van der Waals surface area contributed by atoms with Crippen LogP contribution < -0.4 is 5.32 Å². The van der Waals surface area contributed by atoms with Crippen LogP contribution in [0.3, 0.4) is 0 Å². The minimum atomic E-state index is 0.442. The van der Waals surface area contributed by atoms with Crippen molar-refractivity contribution in [1.29, 1.82) is 0 Å². The summed E-state index contributed by atoms with van der Waals surface area (Å²) in [4.78, 5) is 0. The van der Waals surface area contributed by atoms with Crippen LogP contribution in [0.25, 0.3) is 0 Å². The molecule has 1 aromatic carbocycles. The molecular weight excluding hydrogens is 282 g/mol. The summed E-state index contributed by atoms with van der Waals surface area (Å²) < 4.78 is 1.20. The molecule has 0 heterocycles. The topological polar surface area (TPSA) is 12.0 Å². The Balaban J connectivity index is 2.71. The molecule has 1 aromatic rings. The van der Waals surface area contributed by atoms with Gasteiger partial charge >= 0.3 is 0 Å². The van der Waals surface area contributed by atoms with E-state index < -0.39 is 0 Å². The molecule has 1 nitrogen and oxygen atoms in total. The molecule has 0 saturated carbocycles. The fourth-order valence-electron chi connectivity index (χ4n) is 1.83. The van der Waals surface area contributed by atoms with E-state index >= 15 is 0 Å². The Bertz CT molecular complexity index is 317. The highest BCUT2D eigenvalue weighted by atomic mass is 79.9. The Labute approximate surface area is 112 Å². The van der Waals surface area contributed by atoms with E-state index in [-0.39, 0.29) is 0 Å². The van der Waals surface area contributed by atoms with Gasteiger partial charge in [-0.15, -0.1) is 0 Å². The second kappa shape index (κ2) is 7.36. The fourth-order valence-corrected chi connectivity index (χ4v) is 2.98. The molecule has 2 atom stereocenters. The van der Waals surface area contributed by atoms with Crippen LogP contribution in [0.4, 0.5) is 0 Å². The van der Waals surface area contributed by atoms with Crippen molar-refractivity contribution in [2.24, 2.45) is 0 Å². The number of nitrogens with one attached hydrogen (secondary N) is 1.